The van der Waals surface area contributed by atoms with Gasteiger partial charge in [-0.05, 0) is 53.7 Å². The summed E-state index contributed by atoms with van der Waals surface area (Å²) in [4.78, 5) is 18.1. The van der Waals surface area contributed by atoms with E-state index in [0.29, 0.717) is 0 Å². The standard InChI is InChI=1S/C20H24N6/c1-19(2,3)25-12-23-17-16(25)9-13(10-22-17)18-24-14-11-21-8-7-15(14)26(18)20(4,5)6/h7-12H,1-6H3. The van der Waals surface area contributed by atoms with Crippen molar-refractivity contribution in [2.45, 2.75) is 52.6 Å². The van der Waals surface area contributed by atoms with Gasteiger partial charge in [0.15, 0.2) is 5.65 Å². The number of fused-ring (bicyclic) bond motifs is 2. The zero-order valence-corrected chi connectivity index (χ0v) is 16.1. The Morgan fingerprint density at radius 2 is 1.65 bits per heavy atom. The molecule has 0 saturated heterocycles. The molecule has 0 aliphatic rings. The van der Waals surface area contributed by atoms with Crippen LogP contribution in [0.5, 0.6) is 0 Å². The lowest BCUT2D eigenvalue weighted by atomic mass is 10.1. The number of nitrogens with zero attached hydrogens (tertiary/aromatic N) is 6. The SMILES string of the molecule is CC(C)(C)n1cnc2ncc(-c3nc4cnccc4n3C(C)(C)C)cc21. The van der Waals surface area contributed by atoms with Gasteiger partial charge in [-0.15, -0.1) is 0 Å². The lowest BCUT2D eigenvalue weighted by Gasteiger charge is -2.25. The molecule has 0 fully saturated rings. The fraction of sp³-hybridized carbons (Fsp3) is 0.400. The van der Waals surface area contributed by atoms with E-state index in [1.807, 2.05) is 31.0 Å². The summed E-state index contributed by atoms with van der Waals surface area (Å²) >= 11 is 0. The molecular formula is C20H24N6. The van der Waals surface area contributed by atoms with E-state index < -0.39 is 0 Å². The molecule has 0 amide bonds. The smallest absolute Gasteiger partial charge is 0.177 e. The molecule has 0 N–H and O–H groups in total. The predicted molar refractivity (Wildman–Crippen MR) is 104 cm³/mol. The van der Waals surface area contributed by atoms with Crippen LogP contribution in [0.4, 0.5) is 0 Å². The molecule has 0 aliphatic heterocycles. The van der Waals surface area contributed by atoms with Crippen LogP contribution in [0, 0.1) is 0 Å². The van der Waals surface area contributed by atoms with Gasteiger partial charge in [-0.2, -0.15) is 0 Å². The van der Waals surface area contributed by atoms with Crippen LogP contribution in [-0.4, -0.2) is 29.1 Å². The summed E-state index contributed by atoms with van der Waals surface area (Å²) in [6.45, 7) is 13.0. The van der Waals surface area contributed by atoms with E-state index >= 15 is 0 Å². The molecule has 0 aliphatic carbocycles. The number of rotatable bonds is 1. The van der Waals surface area contributed by atoms with Gasteiger partial charge in [-0.25, -0.2) is 15.0 Å². The summed E-state index contributed by atoms with van der Waals surface area (Å²) in [7, 11) is 0. The van der Waals surface area contributed by atoms with Gasteiger partial charge in [-0.3, -0.25) is 4.98 Å². The monoisotopic (exact) mass is 348 g/mol. The van der Waals surface area contributed by atoms with Crippen molar-refractivity contribution in [2.24, 2.45) is 0 Å². The molecule has 134 valence electrons. The molecule has 4 rings (SSSR count). The highest BCUT2D eigenvalue weighted by atomic mass is 15.1. The Morgan fingerprint density at radius 3 is 2.35 bits per heavy atom. The van der Waals surface area contributed by atoms with Crippen LogP contribution >= 0.6 is 0 Å². The minimum atomic E-state index is -0.120. The van der Waals surface area contributed by atoms with E-state index in [0.717, 1.165) is 33.6 Å². The normalized spacial score (nSPS) is 13.0. The van der Waals surface area contributed by atoms with Crippen molar-refractivity contribution in [3.05, 3.63) is 37.1 Å². The number of aromatic nitrogens is 6. The minimum absolute atomic E-state index is 0.0663. The maximum absolute atomic E-state index is 4.86. The Morgan fingerprint density at radius 1 is 0.885 bits per heavy atom. The third-order valence-electron chi connectivity index (χ3n) is 4.51. The first kappa shape index (κ1) is 16.7. The van der Waals surface area contributed by atoms with Crippen LogP contribution < -0.4 is 0 Å². The van der Waals surface area contributed by atoms with Gasteiger partial charge in [0.1, 0.15) is 11.3 Å². The largest absolute Gasteiger partial charge is 0.324 e. The van der Waals surface area contributed by atoms with Crippen molar-refractivity contribution >= 4 is 22.2 Å². The van der Waals surface area contributed by atoms with Crippen LogP contribution in [0.1, 0.15) is 41.5 Å². The molecule has 6 heteroatoms. The maximum Gasteiger partial charge on any atom is 0.177 e. The molecule has 0 unspecified atom stereocenters. The van der Waals surface area contributed by atoms with Crippen LogP contribution in [0.3, 0.4) is 0 Å². The Labute approximate surface area is 152 Å². The highest BCUT2D eigenvalue weighted by molar-refractivity contribution is 5.83. The third kappa shape index (κ3) is 2.57. The predicted octanol–water partition coefficient (Wildman–Crippen LogP) is 4.35. The van der Waals surface area contributed by atoms with E-state index in [9.17, 15) is 0 Å². The summed E-state index contributed by atoms with van der Waals surface area (Å²) in [5.74, 6) is 0.900. The van der Waals surface area contributed by atoms with E-state index in [1.165, 1.54) is 0 Å². The molecular weight excluding hydrogens is 324 g/mol. The highest BCUT2D eigenvalue weighted by Crippen LogP contribution is 2.32. The zero-order chi connectivity index (χ0) is 18.7. The summed E-state index contributed by atoms with van der Waals surface area (Å²) in [5, 5.41) is 0. The summed E-state index contributed by atoms with van der Waals surface area (Å²) in [6.07, 6.45) is 7.34. The Balaban J connectivity index is 2.01. The van der Waals surface area contributed by atoms with Crippen LogP contribution in [0.2, 0.25) is 0 Å². The molecule has 0 radical (unpaired) electrons. The average Bonchev–Trinajstić information content (AvgIpc) is 3.14. The topological polar surface area (TPSA) is 61.4 Å². The number of pyridine rings is 2. The second kappa shape index (κ2) is 5.37. The van der Waals surface area contributed by atoms with Crippen molar-refractivity contribution < 1.29 is 0 Å². The second-order valence-corrected chi connectivity index (χ2v) is 8.66. The minimum Gasteiger partial charge on any atom is -0.324 e. The van der Waals surface area contributed by atoms with Crippen molar-refractivity contribution in [3.63, 3.8) is 0 Å². The van der Waals surface area contributed by atoms with Gasteiger partial charge in [0.2, 0.25) is 0 Å². The highest BCUT2D eigenvalue weighted by Gasteiger charge is 2.24. The van der Waals surface area contributed by atoms with Gasteiger partial charge in [0.05, 0.1) is 23.6 Å². The van der Waals surface area contributed by atoms with Crippen LogP contribution in [0.15, 0.2) is 37.1 Å². The van der Waals surface area contributed by atoms with E-state index in [1.54, 1.807) is 0 Å². The van der Waals surface area contributed by atoms with Gasteiger partial charge in [0.25, 0.3) is 0 Å². The van der Waals surface area contributed by atoms with Crippen molar-refractivity contribution in [1.82, 2.24) is 29.1 Å². The lowest BCUT2D eigenvalue weighted by Crippen LogP contribution is -2.23. The number of hydrogen-bond donors (Lipinski definition) is 0. The Hall–Kier alpha value is -2.76. The molecule has 6 nitrogen and oxygen atoms in total. The maximum atomic E-state index is 4.86. The van der Waals surface area contributed by atoms with E-state index in [2.05, 4.69) is 71.7 Å². The van der Waals surface area contributed by atoms with E-state index in [4.69, 9.17) is 4.98 Å². The third-order valence-corrected chi connectivity index (χ3v) is 4.51. The molecule has 4 aromatic heterocycles. The zero-order valence-electron chi connectivity index (χ0n) is 16.1. The molecule has 0 saturated carbocycles. The average molecular weight is 348 g/mol. The quantitative estimate of drug-likeness (QED) is 0.513. The molecule has 0 aromatic carbocycles. The summed E-state index contributed by atoms with van der Waals surface area (Å²) in [6, 6.07) is 4.15. The summed E-state index contributed by atoms with van der Waals surface area (Å²) in [5.41, 5.74) is 4.53. The molecule has 0 spiro atoms. The molecule has 26 heavy (non-hydrogen) atoms. The van der Waals surface area contributed by atoms with Crippen molar-refractivity contribution in [2.75, 3.05) is 0 Å². The fourth-order valence-electron chi connectivity index (χ4n) is 3.36. The first-order chi connectivity index (χ1) is 12.2. The molecule has 0 atom stereocenters. The first-order valence-corrected chi connectivity index (χ1v) is 8.83. The second-order valence-electron chi connectivity index (χ2n) is 8.66. The van der Waals surface area contributed by atoms with E-state index in [-0.39, 0.29) is 11.1 Å². The van der Waals surface area contributed by atoms with Crippen LogP contribution in [-0.2, 0) is 11.1 Å². The van der Waals surface area contributed by atoms with Crippen molar-refractivity contribution in [1.29, 1.82) is 0 Å². The molecule has 4 heterocycles. The fourth-order valence-corrected chi connectivity index (χ4v) is 3.36. The van der Waals surface area contributed by atoms with Gasteiger partial charge >= 0.3 is 0 Å². The lowest BCUT2D eigenvalue weighted by molar-refractivity contribution is 0.408. The Kier molecular flexibility index (Phi) is 3.45. The van der Waals surface area contributed by atoms with Crippen LogP contribution in [0.25, 0.3) is 33.6 Å². The van der Waals surface area contributed by atoms with Gasteiger partial charge in [-0.1, -0.05) is 0 Å². The Bertz CT molecular complexity index is 1100. The molecule has 0 bridgehead atoms. The number of imidazole rings is 2. The number of hydrogen-bond acceptors (Lipinski definition) is 4. The summed E-state index contributed by atoms with van der Waals surface area (Å²) < 4.78 is 4.41. The first-order valence-electron chi connectivity index (χ1n) is 8.83. The molecule has 4 aromatic rings. The van der Waals surface area contributed by atoms with Gasteiger partial charge in [0, 0.05) is 29.0 Å². The van der Waals surface area contributed by atoms with Gasteiger partial charge < -0.3 is 9.13 Å². The van der Waals surface area contributed by atoms with Crippen molar-refractivity contribution in [3.8, 4) is 11.4 Å².